The highest BCUT2D eigenvalue weighted by molar-refractivity contribution is 6.31. The smallest absolute Gasteiger partial charge is 0.232 e. The fourth-order valence-corrected chi connectivity index (χ4v) is 2.96. The molecule has 2 aromatic rings. The molecule has 0 bridgehead atoms. The highest BCUT2D eigenvalue weighted by Crippen LogP contribution is 2.33. The lowest BCUT2D eigenvalue weighted by atomic mass is 9.97. The molecule has 3 heterocycles. The predicted molar refractivity (Wildman–Crippen MR) is 87.6 cm³/mol. The van der Waals surface area contributed by atoms with Gasteiger partial charge in [0.15, 0.2) is 0 Å². The summed E-state index contributed by atoms with van der Waals surface area (Å²) in [6.45, 7) is 2.95. The Bertz CT molecular complexity index is 634. The van der Waals surface area contributed by atoms with Gasteiger partial charge in [-0.15, -0.1) is 0 Å². The Morgan fingerprint density at radius 1 is 1.52 bits per heavy atom. The molecule has 3 rings (SSSR count). The second-order valence-electron chi connectivity index (χ2n) is 5.63. The highest BCUT2D eigenvalue weighted by Gasteiger charge is 2.30. The first-order valence-corrected chi connectivity index (χ1v) is 8.16. The number of rotatable bonds is 7. The van der Waals surface area contributed by atoms with Crippen LogP contribution in [-0.4, -0.2) is 41.1 Å². The van der Waals surface area contributed by atoms with Crippen LogP contribution >= 0.6 is 11.6 Å². The summed E-state index contributed by atoms with van der Waals surface area (Å²) < 4.78 is 13.2. The lowest BCUT2D eigenvalue weighted by Crippen LogP contribution is -2.28. The molecular weight excluding hydrogens is 316 g/mol. The molecular formula is C16H21ClN4O2. The van der Waals surface area contributed by atoms with Gasteiger partial charge < -0.3 is 14.8 Å². The van der Waals surface area contributed by atoms with E-state index in [0.717, 1.165) is 31.7 Å². The second kappa shape index (κ2) is 7.77. The van der Waals surface area contributed by atoms with Crippen molar-refractivity contribution in [2.75, 3.05) is 26.3 Å². The van der Waals surface area contributed by atoms with Gasteiger partial charge in [0, 0.05) is 50.6 Å². The molecule has 0 saturated carbocycles. The van der Waals surface area contributed by atoms with E-state index < -0.39 is 0 Å². The Morgan fingerprint density at radius 3 is 3.22 bits per heavy atom. The first-order chi connectivity index (χ1) is 11.2. The van der Waals surface area contributed by atoms with Gasteiger partial charge in [-0.05, 0) is 18.6 Å². The number of hydrogen-bond donors (Lipinski definition) is 1. The molecule has 6 nitrogen and oxygen atoms in total. The minimum Gasteiger partial charge on any atom is -0.475 e. The molecule has 1 N–H and O–H groups in total. The predicted octanol–water partition coefficient (Wildman–Crippen LogP) is 2.21. The summed E-state index contributed by atoms with van der Waals surface area (Å²) in [6.07, 6.45) is 6.76. The number of hydrogen-bond acceptors (Lipinski definition) is 5. The Labute approximate surface area is 140 Å². The van der Waals surface area contributed by atoms with E-state index in [4.69, 9.17) is 21.1 Å². The molecule has 0 unspecified atom stereocenters. The van der Waals surface area contributed by atoms with E-state index in [1.54, 1.807) is 18.3 Å². The number of ether oxygens (including phenoxy) is 2. The van der Waals surface area contributed by atoms with Crippen molar-refractivity contribution < 1.29 is 9.47 Å². The maximum atomic E-state index is 6.00. The maximum absolute atomic E-state index is 6.00. The standard InChI is InChI=1S/C16H21ClN4O2/c1-21-11-13(10-20-21)15-12(4-7-22-15)9-18-6-8-23-16-14(17)3-2-5-19-16/h2-3,5,10-12,15,18H,4,6-9H2,1H3/t12-,15+/m1/s1. The molecule has 1 aliphatic rings. The van der Waals surface area contributed by atoms with Crippen LogP contribution in [0.5, 0.6) is 5.88 Å². The molecule has 0 aromatic carbocycles. The summed E-state index contributed by atoms with van der Waals surface area (Å²) in [5.74, 6) is 0.936. The van der Waals surface area contributed by atoms with E-state index in [1.807, 2.05) is 24.1 Å². The van der Waals surface area contributed by atoms with Gasteiger partial charge in [0.25, 0.3) is 0 Å². The summed E-state index contributed by atoms with van der Waals surface area (Å²) in [6, 6.07) is 3.55. The minimum absolute atomic E-state index is 0.127. The average molecular weight is 337 g/mol. The van der Waals surface area contributed by atoms with Crippen molar-refractivity contribution in [3.63, 3.8) is 0 Å². The van der Waals surface area contributed by atoms with E-state index in [1.165, 1.54) is 0 Å². The summed E-state index contributed by atoms with van der Waals surface area (Å²) in [4.78, 5) is 4.10. The van der Waals surface area contributed by atoms with Gasteiger partial charge in [-0.25, -0.2) is 4.98 Å². The molecule has 124 valence electrons. The van der Waals surface area contributed by atoms with Crippen LogP contribution in [-0.2, 0) is 11.8 Å². The fourth-order valence-electron chi connectivity index (χ4n) is 2.78. The van der Waals surface area contributed by atoms with Crippen LogP contribution in [0.4, 0.5) is 0 Å². The molecule has 0 amide bonds. The summed E-state index contributed by atoms with van der Waals surface area (Å²) in [5.41, 5.74) is 1.15. The van der Waals surface area contributed by atoms with E-state index in [2.05, 4.69) is 15.4 Å². The van der Waals surface area contributed by atoms with Crippen molar-refractivity contribution in [1.29, 1.82) is 0 Å². The van der Waals surface area contributed by atoms with Crippen molar-refractivity contribution in [2.45, 2.75) is 12.5 Å². The average Bonchev–Trinajstić information content (AvgIpc) is 3.17. The topological polar surface area (TPSA) is 61.2 Å². The SMILES string of the molecule is Cn1cc([C@H]2OCC[C@@H]2CNCCOc2ncccc2Cl)cn1. The monoisotopic (exact) mass is 336 g/mol. The van der Waals surface area contributed by atoms with E-state index in [-0.39, 0.29) is 6.10 Å². The van der Waals surface area contributed by atoms with Crippen LogP contribution in [0, 0.1) is 5.92 Å². The Kier molecular flexibility index (Phi) is 5.48. The maximum Gasteiger partial charge on any atom is 0.232 e. The van der Waals surface area contributed by atoms with Crippen molar-refractivity contribution in [1.82, 2.24) is 20.1 Å². The van der Waals surface area contributed by atoms with Crippen LogP contribution in [0.3, 0.4) is 0 Å². The quantitative estimate of drug-likeness (QED) is 0.785. The zero-order chi connectivity index (χ0) is 16.1. The number of pyridine rings is 1. The summed E-state index contributed by atoms with van der Waals surface area (Å²) in [5, 5.41) is 8.18. The molecule has 0 aliphatic carbocycles. The summed E-state index contributed by atoms with van der Waals surface area (Å²) in [7, 11) is 1.92. The van der Waals surface area contributed by atoms with Crippen LogP contribution in [0.2, 0.25) is 5.02 Å². The van der Waals surface area contributed by atoms with Crippen LogP contribution in [0.15, 0.2) is 30.7 Å². The van der Waals surface area contributed by atoms with Gasteiger partial charge in [0.2, 0.25) is 5.88 Å². The molecule has 1 saturated heterocycles. The molecule has 2 aromatic heterocycles. The molecule has 1 fully saturated rings. The first-order valence-electron chi connectivity index (χ1n) is 7.78. The lowest BCUT2D eigenvalue weighted by molar-refractivity contribution is 0.0902. The van der Waals surface area contributed by atoms with Gasteiger partial charge in [-0.1, -0.05) is 11.6 Å². The summed E-state index contributed by atoms with van der Waals surface area (Å²) >= 11 is 6.00. The second-order valence-corrected chi connectivity index (χ2v) is 6.04. The zero-order valence-corrected chi connectivity index (χ0v) is 13.9. The van der Waals surface area contributed by atoms with Crippen molar-refractivity contribution in [3.05, 3.63) is 41.3 Å². The fraction of sp³-hybridized carbons (Fsp3) is 0.500. The molecule has 23 heavy (non-hydrogen) atoms. The van der Waals surface area contributed by atoms with Crippen molar-refractivity contribution in [3.8, 4) is 5.88 Å². The van der Waals surface area contributed by atoms with E-state index in [9.17, 15) is 0 Å². The van der Waals surface area contributed by atoms with E-state index in [0.29, 0.717) is 23.4 Å². The third-order valence-corrected chi connectivity index (χ3v) is 4.20. The third kappa shape index (κ3) is 4.22. The van der Waals surface area contributed by atoms with Gasteiger partial charge in [0.1, 0.15) is 11.6 Å². The van der Waals surface area contributed by atoms with Gasteiger partial charge >= 0.3 is 0 Å². The largest absolute Gasteiger partial charge is 0.475 e. The molecule has 0 spiro atoms. The Morgan fingerprint density at radius 2 is 2.43 bits per heavy atom. The first kappa shape index (κ1) is 16.2. The van der Waals surface area contributed by atoms with Crippen LogP contribution < -0.4 is 10.1 Å². The number of aryl methyl sites for hydroxylation is 1. The van der Waals surface area contributed by atoms with Crippen LogP contribution in [0.1, 0.15) is 18.1 Å². The van der Waals surface area contributed by atoms with Gasteiger partial charge in [-0.3, -0.25) is 4.68 Å². The highest BCUT2D eigenvalue weighted by atomic mass is 35.5. The zero-order valence-electron chi connectivity index (χ0n) is 13.1. The van der Waals surface area contributed by atoms with Gasteiger partial charge in [-0.2, -0.15) is 5.10 Å². The Balaban J connectivity index is 1.41. The number of nitrogens with one attached hydrogen (secondary N) is 1. The number of aromatic nitrogens is 3. The minimum atomic E-state index is 0.127. The number of nitrogens with zero attached hydrogens (tertiary/aromatic N) is 3. The lowest BCUT2D eigenvalue weighted by Gasteiger charge is -2.17. The molecule has 7 heteroatoms. The molecule has 1 aliphatic heterocycles. The third-order valence-electron chi connectivity index (χ3n) is 3.92. The molecule has 2 atom stereocenters. The van der Waals surface area contributed by atoms with Crippen molar-refractivity contribution >= 4 is 11.6 Å². The van der Waals surface area contributed by atoms with E-state index >= 15 is 0 Å². The molecule has 0 radical (unpaired) electrons. The van der Waals surface area contributed by atoms with Gasteiger partial charge in [0.05, 0.1) is 12.3 Å². The Hall–Kier alpha value is -1.63. The normalized spacial score (nSPS) is 20.8. The number of halogens is 1. The van der Waals surface area contributed by atoms with Crippen LogP contribution in [0.25, 0.3) is 0 Å². The van der Waals surface area contributed by atoms with Crippen molar-refractivity contribution in [2.24, 2.45) is 13.0 Å².